The van der Waals surface area contributed by atoms with Gasteiger partial charge in [0.05, 0.1) is 13.2 Å². The van der Waals surface area contributed by atoms with Gasteiger partial charge in [-0.25, -0.2) is 8.42 Å². The van der Waals surface area contributed by atoms with Gasteiger partial charge < -0.3 is 14.7 Å². The Labute approximate surface area is 203 Å². The zero-order valence-electron chi connectivity index (χ0n) is 20.6. The average Bonchev–Trinajstić information content (AvgIpc) is 2.79. The summed E-state index contributed by atoms with van der Waals surface area (Å²) in [6.45, 7) is 4.01. The largest absolute Gasteiger partial charge is 0.487 e. The molecule has 1 amide bonds. The highest BCUT2D eigenvalue weighted by molar-refractivity contribution is 7.89. The molecule has 0 saturated heterocycles. The lowest BCUT2D eigenvalue weighted by Crippen LogP contribution is -2.50. The van der Waals surface area contributed by atoms with E-state index in [0.29, 0.717) is 12.3 Å². The van der Waals surface area contributed by atoms with E-state index >= 15 is 0 Å². The minimum absolute atomic E-state index is 0.0947. The molecule has 2 aliphatic carbocycles. The number of nitrogens with zero attached hydrogens (tertiary/aromatic N) is 2. The highest BCUT2D eigenvalue weighted by Crippen LogP contribution is 2.37. The minimum Gasteiger partial charge on any atom is -0.487 e. The number of likely N-dealkylation sites (N-methyl/N-ethyl adjacent to an activating group) is 1. The van der Waals surface area contributed by atoms with Crippen molar-refractivity contribution in [1.82, 2.24) is 9.21 Å². The molecule has 7 nitrogen and oxygen atoms in total. The van der Waals surface area contributed by atoms with Gasteiger partial charge in [-0.15, -0.1) is 0 Å². The van der Waals surface area contributed by atoms with Crippen LogP contribution >= 0.6 is 0 Å². The second kappa shape index (κ2) is 10.4. The highest BCUT2D eigenvalue weighted by Gasteiger charge is 2.39. The van der Waals surface area contributed by atoms with Crippen molar-refractivity contribution in [2.45, 2.75) is 75.8 Å². The quantitative estimate of drug-likeness (QED) is 0.658. The van der Waals surface area contributed by atoms with Gasteiger partial charge in [-0.3, -0.25) is 4.79 Å². The molecule has 0 bridgehead atoms. The van der Waals surface area contributed by atoms with Gasteiger partial charge in [-0.05, 0) is 68.7 Å². The lowest BCUT2D eigenvalue weighted by atomic mass is 9.84. The molecule has 1 aromatic rings. The number of carbonyl (C=O) groups is 1. The van der Waals surface area contributed by atoms with Crippen LogP contribution in [0.3, 0.4) is 0 Å². The zero-order chi connectivity index (χ0) is 24.5. The summed E-state index contributed by atoms with van der Waals surface area (Å²) in [4.78, 5) is 14.7. The first kappa shape index (κ1) is 25.2. The number of benzene rings is 1. The van der Waals surface area contributed by atoms with Gasteiger partial charge >= 0.3 is 0 Å². The molecule has 0 unspecified atom stereocenters. The van der Waals surface area contributed by atoms with Crippen molar-refractivity contribution in [1.29, 1.82) is 0 Å². The minimum atomic E-state index is -3.86. The van der Waals surface area contributed by atoms with Crippen molar-refractivity contribution in [2.24, 2.45) is 11.8 Å². The third-order valence-electron chi connectivity index (χ3n) is 7.61. The van der Waals surface area contributed by atoms with Crippen molar-refractivity contribution in [2.75, 3.05) is 26.7 Å². The summed E-state index contributed by atoms with van der Waals surface area (Å²) in [5, 5.41) is 9.81. The number of ether oxygens (including phenoxy) is 1. The molecule has 0 spiro atoms. The Morgan fingerprint density at radius 3 is 2.65 bits per heavy atom. The normalized spacial score (nSPS) is 26.2. The smallest absolute Gasteiger partial charge is 0.247 e. The molecule has 1 N–H and O–H groups in total. The Bertz CT molecular complexity index is 1030. The Balaban J connectivity index is 1.71. The summed E-state index contributed by atoms with van der Waals surface area (Å²) in [5.41, 5.74) is 2.21. The lowest BCUT2D eigenvalue weighted by molar-refractivity contribution is -0.138. The Hall–Kier alpha value is -1.90. The summed E-state index contributed by atoms with van der Waals surface area (Å²) in [6.07, 6.45) is 9.13. The molecular weight excluding hydrogens is 452 g/mol. The van der Waals surface area contributed by atoms with Gasteiger partial charge in [0.25, 0.3) is 0 Å². The number of aliphatic hydroxyl groups excluding tert-OH is 1. The molecular formula is C26H38N2O5S. The maximum Gasteiger partial charge on any atom is 0.247 e. The average molecular weight is 491 g/mol. The van der Waals surface area contributed by atoms with E-state index in [1.807, 2.05) is 26.1 Å². The van der Waals surface area contributed by atoms with Crippen LogP contribution in [0.5, 0.6) is 5.75 Å². The summed E-state index contributed by atoms with van der Waals surface area (Å²) in [5.74, 6) is 0.391. The molecule has 1 heterocycles. The molecule has 3 atom stereocenters. The number of amides is 1. The van der Waals surface area contributed by atoms with Crippen molar-refractivity contribution < 1.29 is 23.1 Å². The fraction of sp³-hybridized carbons (Fsp3) is 0.654. The van der Waals surface area contributed by atoms with Crippen LogP contribution in [0, 0.1) is 11.8 Å². The molecule has 188 valence electrons. The third-order valence-corrected chi connectivity index (χ3v) is 9.63. The van der Waals surface area contributed by atoms with Crippen LogP contribution in [-0.2, 0) is 14.8 Å². The Morgan fingerprint density at radius 1 is 1.26 bits per heavy atom. The molecule has 4 rings (SSSR count). The molecule has 3 aliphatic rings. The molecule has 8 heteroatoms. The van der Waals surface area contributed by atoms with E-state index in [0.717, 1.165) is 44.1 Å². The second-order valence-corrected chi connectivity index (χ2v) is 12.1. The maximum absolute atomic E-state index is 13.6. The van der Waals surface area contributed by atoms with Gasteiger partial charge in [-0.1, -0.05) is 25.5 Å². The number of hydrogen-bond donors (Lipinski definition) is 1. The first-order valence-corrected chi connectivity index (χ1v) is 14.0. The first-order chi connectivity index (χ1) is 16.2. The van der Waals surface area contributed by atoms with Crippen molar-refractivity contribution >= 4 is 21.5 Å². The van der Waals surface area contributed by atoms with Crippen LogP contribution in [0.2, 0.25) is 0 Å². The molecule has 1 aromatic carbocycles. The number of carbonyl (C=O) groups excluding carboxylic acids is 1. The van der Waals surface area contributed by atoms with E-state index in [4.69, 9.17) is 4.74 Å². The van der Waals surface area contributed by atoms with Crippen LogP contribution in [0.1, 0.15) is 64.4 Å². The van der Waals surface area contributed by atoms with Crippen molar-refractivity contribution in [3.63, 3.8) is 0 Å². The SMILES string of the molecule is C[C@H]1CN([C@@H](C)CO)S(=O)(=O)c2ccc(C3=CCCCC3)cc2O[C@@H]1CN(C)C(=O)C1CCC1. The molecule has 34 heavy (non-hydrogen) atoms. The monoisotopic (exact) mass is 490 g/mol. The number of sulfonamides is 1. The zero-order valence-corrected chi connectivity index (χ0v) is 21.4. The van der Waals surface area contributed by atoms with Gasteiger partial charge in [0.2, 0.25) is 15.9 Å². The molecule has 1 saturated carbocycles. The number of hydrogen-bond acceptors (Lipinski definition) is 5. The summed E-state index contributed by atoms with van der Waals surface area (Å²) in [6, 6.07) is 4.80. The van der Waals surface area contributed by atoms with E-state index in [1.54, 1.807) is 17.9 Å². The van der Waals surface area contributed by atoms with Crippen molar-refractivity contribution in [3.05, 3.63) is 29.8 Å². The number of allylic oxidation sites excluding steroid dienone is 2. The van der Waals surface area contributed by atoms with E-state index in [-0.39, 0.29) is 41.9 Å². The predicted octanol–water partition coefficient (Wildman–Crippen LogP) is 3.67. The summed E-state index contributed by atoms with van der Waals surface area (Å²) in [7, 11) is -2.05. The summed E-state index contributed by atoms with van der Waals surface area (Å²) < 4.78 is 35.1. The van der Waals surface area contributed by atoms with E-state index in [1.165, 1.54) is 16.3 Å². The highest BCUT2D eigenvalue weighted by atomic mass is 32.2. The van der Waals surface area contributed by atoms with E-state index in [9.17, 15) is 18.3 Å². The van der Waals surface area contributed by atoms with Gasteiger partial charge in [0, 0.05) is 31.5 Å². The number of aliphatic hydroxyl groups is 1. The fourth-order valence-electron chi connectivity index (χ4n) is 5.07. The molecule has 1 aliphatic heterocycles. The standard InChI is InChI=1S/C26H38N2O5S/c1-18-15-28(19(2)17-29)34(31,32)25-13-12-22(20-8-5-4-6-9-20)14-23(25)33-24(18)16-27(3)26(30)21-10-7-11-21/h8,12-14,18-19,21,24,29H,4-7,9-11,15-17H2,1-3H3/t18-,19-,24+/m0/s1. The molecule has 0 radical (unpaired) electrons. The molecule has 1 fully saturated rings. The number of fused-ring (bicyclic) bond motifs is 1. The van der Waals surface area contributed by atoms with Crippen LogP contribution in [0.4, 0.5) is 0 Å². The van der Waals surface area contributed by atoms with Crippen LogP contribution in [-0.4, -0.2) is 67.5 Å². The van der Waals surface area contributed by atoms with Gasteiger partial charge in [0.15, 0.2) is 0 Å². The molecule has 0 aromatic heterocycles. The van der Waals surface area contributed by atoms with Gasteiger partial charge in [-0.2, -0.15) is 4.31 Å². The van der Waals surface area contributed by atoms with Crippen LogP contribution < -0.4 is 4.74 Å². The Morgan fingerprint density at radius 2 is 2.03 bits per heavy atom. The Kier molecular flexibility index (Phi) is 7.69. The summed E-state index contributed by atoms with van der Waals surface area (Å²) >= 11 is 0. The van der Waals surface area contributed by atoms with Gasteiger partial charge in [0.1, 0.15) is 16.7 Å². The fourth-order valence-corrected chi connectivity index (χ4v) is 6.90. The van der Waals surface area contributed by atoms with E-state index < -0.39 is 16.1 Å². The lowest BCUT2D eigenvalue weighted by Gasteiger charge is -2.38. The van der Waals surface area contributed by atoms with E-state index in [2.05, 4.69) is 6.08 Å². The number of rotatable bonds is 6. The third kappa shape index (κ3) is 5.04. The second-order valence-electron chi connectivity index (χ2n) is 10.2. The first-order valence-electron chi connectivity index (χ1n) is 12.6. The van der Waals surface area contributed by atoms with Crippen LogP contribution in [0.15, 0.2) is 29.2 Å². The van der Waals surface area contributed by atoms with Crippen molar-refractivity contribution in [3.8, 4) is 5.75 Å². The predicted molar refractivity (Wildman–Crippen MR) is 132 cm³/mol. The topological polar surface area (TPSA) is 87.2 Å². The van der Waals surface area contributed by atoms with Crippen LogP contribution in [0.25, 0.3) is 5.57 Å². The maximum atomic E-state index is 13.6.